The first-order valence-electron chi connectivity index (χ1n) is 10.2. The van der Waals surface area contributed by atoms with E-state index in [1.165, 1.54) is 15.9 Å². The van der Waals surface area contributed by atoms with Gasteiger partial charge in [-0.1, -0.05) is 78.9 Å². The molecule has 28 heavy (non-hydrogen) atoms. The van der Waals surface area contributed by atoms with Crippen molar-refractivity contribution in [2.24, 2.45) is 0 Å². The van der Waals surface area contributed by atoms with E-state index < -0.39 is 16.3 Å². The van der Waals surface area contributed by atoms with Crippen LogP contribution in [0.2, 0.25) is 0 Å². The van der Waals surface area contributed by atoms with E-state index in [0.717, 1.165) is 12.8 Å². The van der Waals surface area contributed by atoms with Crippen molar-refractivity contribution >= 4 is 26.9 Å². The molecule has 2 aromatic carbocycles. The molecule has 1 aliphatic carbocycles. The third-order valence-electron chi connectivity index (χ3n) is 4.47. The summed E-state index contributed by atoms with van der Waals surface area (Å²) in [5.74, 6) is 0. The lowest BCUT2D eigenvalue weighted by molar-refractivity contribution is 0.565. The Labute approximate surface area is 173 Å². The van der Waals surface area contributed by atoms with Gasteiger partial charge in [0.1, 0.15) is 0 Å². The smallest absolute Gasteiger partial charge is 0.0743 e. The van der Waals surface area contributed by atoms with E-state index in [-0.39, 0.29) is 0 Å². The predicted molar refractivity (Wildman–Crippen MR) is 128 cm³/mol. The molecule has 4 heteroatoms. The first-order valence-corrected chi connectivity index (χ1v) is 12.8. The van der Waals surface area contributed by atoms with Crippen LogP contribution in [0.5, 0.6) is 0 Å². The summed E-state index contributed by atoms with van der Waals surface area (Å²) in [6, 6.07) is 22.9. The second-order valence-corrected chi connectivity index (χ2v) is 11.8. The highest BCUT2D eigenvalue weighted by molar-refractivity contribution is 7.79. The lowest BCUT2D eigenvalue weighted by atomic mass is 10.2. The zero-order valence-electron chi connectivity index (χ0n) is 17.4. The summed E-state index contributed by atoms with van der Waals surface area (Å²) in [6.07, 6.45) is 9.46. The number of rotatable bonds is 8. The van der Waals surface area contributed by atoms with Gasteiger partial charge in [0.25, 0.3) is 0 Å². The SMILES string of the molecule is CC(C)NP(c1ccccc1)N(C(C)C)P(C1=CCCC=C1)c1ccccc1. The van der Waals surface area contributed by atoms with Crippen LogP contribution in [-0.2, 0) is 0 Å². The fraction of sp³-hybridized carbons (Fsp3) is 0.333. The largest absolute Gasteiger partial charge is 0.277 e. The van der Waals surface area contributed by atoms with Gasteiger partial charge < -0.3 is 0 Å². The van der Waals surface area contributed by atoms with Crippen molar-refractivity contribution < 1.29 is 0 Å². The van der Waals surface area contributed by atoms with Gasteiger partial charge in [0, 0.05) is 25.5 Å². The molecule has 0 bridgehead atoms. The Bertz CT molecular complexity index is 785. The molecule has 2 nitrogen and oxygen atoms in total. The maximum atomic E-state index is 3.92. The van der Waals surface area contributed by atoms with E-state index in [2.05, 4.69) is 116 Å². The first-order chi connectivity index (χ1) is 13.6. The van der Waals surface area contributed by atoms with Crippen molar-refractivity contribution in [2.75, 3.05) is 0 Å². The summed E-state index contributed by atoms with van der Waals surface area (Å²) < 4.78 is 2.76. The fourth-order valence-electron chi connectivity index (χ4n) is 3.33. The maximum Gasteiger partial charge on any atom is 0.0743 e. The molecule has 0 heterocycles. The number of hydrogen-bond acceptors (Lipinski definition) is 2. The van der Waals surface area contributed by atoms with E-state index in [1.807, 2.05) is 0 Å². The standard InChI is InChI=1S/C24H32N2P2/c1-20(2)25-28(24-18-12-7-13-19-24)26(21(3)4)27(22-14-8-5-9-15-22)23-16-10-6-11-17-23/h5,7-10,12-21,25H,6,11H2,1-4H3. The molecule has 0 spiro atoms. The highest BCUT2D eigenvalue weighted by Crippen LogP contribution is 2.60. The molecule has 0 aromatic heterocycles. The normalized spacial score (nSPS) is 16.5. The van der Waals surface area contributed by atoms with Crippen molar-refractivity contribution in [1.29, 1.82) is 0 Å². The molecule has 0 radical (unpaired) electrons. The van der Waals surface area contributed by atoms with Crippen LogP contribution in [0.15, 0.2) is 84.2 Å². The highest BCUT2D eigenvalue weighted by Gasteiger charge is 2.33. The van der Waals surface area contributed by atoms with Gasteiger partial charge in [0.05, 0.1) is 8.22 Å². The quantitative estimate of drug-likeness (QED) is 0.515. The van der Waals surface area contributed by atoms with Gasteiger partial charge in [-0.3, -0.25) is 5.09 Å². The molecule has 1 aliphatic rings. The number of benzene rings is 2. The lowest BCUT2D eigenvalue weighted by Gasteiger charge is -2.42. The molecule has 0 saturated heterocycles. The molecule has 1 N–H and O–H groups in total. The molecule has 2 unspecified atom stereocenters. The average molecular weight is 410 g/mol. The zero-order chi connectivity index (χ0) is 19.9. The van der Waals surface area contributed by atoms with E-state index in [0.29, 0.717) is 12.1 Å². The van der Waals surface area contributed by atoms with Crippen LogP contribution in [-0.4, -0.2) is 16.5 Å². The van der Waals surface area contributed by atoms with Crippen LogP contribution in [0.3, 0.4) is 0 Å². The predicted octanol–water partition coefficient (Wildman–Crippen LogP) is 6.29. The van der Waals surface area contributed by atoms with Crippen LogP contribution in [0.4, 0.5) is 0 Å². The van der Waals surface area contributed by atoms with Crippen LogP contribution in [0.1, 0.15) is 40.5 Å². The Morgan fingerprint density at radius 2 is 1.43 bits per heavy atom. The highest BCUT2D eigenvalue weighted by atomic mass is 31.2. The summed E-state index contributed by atoms with van der Waals surface area (Å²) in [5.41, 5.74) is 0. The molecule has 2 atom stereocenters. The summed E-state index contributed by atoms with van der Waals surface area (Å²) >= 11 is 0. The average Bonchev–Trinajstić information content (AvgIpc) is 2.72. The minimum Gasteiger partial charge on any atom is -0.277 e. The van der Waals surface area contributed by atoms with Gasteiger partial charge in [-0.15, -0.1) is 0 Å². The number of nitrogens with zero attached hydrogens (tertiary/aromatic N) is 1. The third kappa shape index (κ3) is 5.40. The van der Waals surface area contributed by atoms with Crippen LogP contribution in [0, 0.1) is 0 Å². The summed E-state index contributed by atoms with van der Waals surface area (Å²) in [4.78, 5) is 0. The summed E-state index contributed by atoms with van der Waals surface area (Å²) in [5, 5.41) is 8.23. The number of nitrogens with one attached hydrogen (secondary N) is 1. The Balaban J connectivity index is 2.11. The maximum absolute atomic E-state index is 3.92. The second kappa shape index (κ2) is 10.5. The van der Waals surface area contributed by atoms with E-state index in [4.69, 9.17) is 0 Å². The second-order valence-electron chi connectivity index (χ2n) is 7.60. The van der Waals surface area contributed by atoms with Crippen LogP contribution in [0.25, 0.3) is 0 Å². The van der Waals surface area contributed by atoms with Gasteiger partial charge in [-0.05, 0) is 51.2 Å². The minimum absolute atomic E-state index is 0.427. The van der Waals surface area contributed by atoms with Gasteiger partial charge in [0.2, 0.25) is 0 Å². The Morgan fingerprint density at radius 3 is 1.93 bits per heavy atom. The Morgan fingerprint density at radius 1 is 0.821 bits per heavy atom. The van der Waals surface area contributed by atoms with Crippen molar-refractivity contribution in [2.45, 2.75) is 52.6 Å². The van der Waals surface area contributed by atoms with Gasteiger partial charge in [-0.25, -0.2) is 4.44 Å². The molecule has 0 aliphatic heterocycles. The Hall–Kier alpha value is -1.30. The van der Waals surface area contributed by atoms with Gasteiger partial charge in [-0.2, -0.15) is 0 Å². The summed E-state index contributed by atoms with van der Waals surface area (Å²) in [6.45, 7) is 9.18. The Kier molecular flexibility index (Phi) is 8.00. The topological polar surface area (TPSA) is 15.3 Å². The van der Waals surface area contributed by atoms with E-state index in [9.17, 15) is 0 Å². The minimum atomic E-state index is -0.648. The first kappa shape index (κ1) is 21.4. The lowest BCUT2D eigenvalue weighted by Crippen LogP contribution is -2.36. The molecule has 0 amide bonds. The molecule has 0 saturated carbocycles. The zero-order valence-corrected chi connectivity index (χ0v) is 19.2. The molecular weight excluding hydrogens is 378 g/mol. The number of hydrogen-bond donors (Lipinski definition) is 1. The molecule has 0 fully saturated rings. The van der Waals surface area contributed by atoms with Crippen molar-refractivity contribution in [3.8, 4) is 0 Å². The van der Waals surface area contributed by atoms with Gasteiger partial charge in [0.15, 0.2) is 0 Å². The van der Waals surface area contributed by atoms with Crippen molar-refractivity contribution in [3.63, 3.8) is 0 Å². The molecule has 148 valence electrons. The monoisotopic (exact) mass is 410 g/mol. The molecule has 2 aromatic rings. The number of allylic oxidation sites excluding steroid dienone is 4. The summed E-state index contributed by atoms with van der Waals surface area (Å²) in [7, 11) is -1.24. The molecular formula is C24H32N2P2. The van der Waals surface area contributed by atoms with Crippen molar-refractivity contribution in [3.05, 3.63) is 84.2 Å². The fourth-order valence-corrected chi connectivity index (χ4v) is 9.27. The molecule has 3 rings (SSSR count). The van der Waals surface area contributed by atoms with Crippen LogP contribution >= 0.6 is 16.3 Å². The van der Waals surface area contributed by atoms with Crippen LogP contribution < -0.4 is 15.7 Å². The van der Waals surface area contributed by atoms with E-state index in [1.54, 1.807) is 0 Å². The van der Waals surface area contributed by atoms with Crippen molar-refractivity contribution in [1.82, 2.24) is 9.53 Å². The van der Waals surface area contributed by atoms with E-state index >= 15 is 0 Å². The van der Waals surface area contributed by atoms with Gasteiger partial charge >= 0.3 is 0 Å². The third-order valence-corrected chi connectivity index (χ3v) is 10.4.